The summed E-state index contributed by atoms with van der Waals surface area (Å²) < 4.78 is 27.5. The Kier molecular flexibility index (Phi) is 6.11. The average molecular weight is 263 g/mol. The van der Waals surface area contributed by atoms with E-state index in [1.165, 1.54) is 5.41 Å². The second-order valence-electron chi connectivity index (χ2n) is 4.26. The molecule has 2 N–H and O–H groups in total. The van der Waals surface area contributed by atoms with Gasteiger partial charge in [-0.25, -0.2) is 8.42 Å². The Hall–Kier alpha value is -0.430. The van der Waals surface area contributed by atoms with Crippen molar-refractivity contribution in [3.8, 4) is 0 Å². The number of unbranched alkanes of at least 4 members (excludes halogenated alkanes) is 1. The van der Waals surface area contributed by atoms with Gasteiger partial charge in [-0.3, -0.25) is 0 Å². The first-order chi connectivity index (χ1) is 8.03. The molecule has 1 aliphatic rings. The zero-order valence-corrected chi connectivity index (χ0v) is 10.9. The number of hydrogen-bond donors (Lipinski definition) is 2. The molecule has 0 saturated carbocycles. The highest BCUT2D eigenvalue weighted by molar-refractivity contribution is 7.94. The molecule has 1 rings (SSSR count). The van der Waals surface area contributed by atoms with Gasteiger partial charge in [-0.2, -0.15) is 0 Å². The zero-order chi connectivity index (χ0) is 12.7. The van der Waals surface area contributed by atoms with Gasteiger partial charge >= 0.3 is 0 Å². The van der Waals surface area contributed by atoms with Gasteiger partial charge in [0, 0.05) is 24.6 Å². The molecule has 2 unspecified atom stereocenters. The Morgan fingerprint density at radius 2 is 2.35 bits per heavy atom. The third-order valence-electron chi connectivity index (χ3n) is 2.50. The fourth-order valence-electron chi connectivity index (χ4n) is 1.52. The minimum atomic E-state index is -3.02. The van der Waals surface area contributed by atoms with Gasteiger partial charge in [0.1, 0.15) is 0 Å². The van der Waals surface area contributed by atoms with Crippen LogP contribution < -0.4 is 5.32 Å². The lowest BCUT2D eigenvalue weighted by Gasteiger charge is -2.14. The molecule has 0 bridgehead atoms. The van der Waals surface area contributed by atoms with Crippen LogP contribution in [0.25, 0.3) is 0 Å². The Morgan fingerprint density at radius 3 is 2.94 bits per heavy atom. The highest BCUT2D eigenvalue weighted by Gasteiger charge is 2.21. The number of aliphatic hydroxyl groups excluding tert-OH is 1. The Labute approximate surface area is 103 Å². The predicted octanol–water partition coefficient (Wildman–Crippen LogP) is 0.0643. The minimum Gasteiger partial charge on any atom is -0.389 e. The van der Waals surface area contributed by atoms with Gasteiger partial charge in [0.25, 0.3) is 0 Å². The van der Waals surface area contributed by atoms with Crippen molar-refractivity contribution < 1.29 is 18.3 Å². The normalized spacial score (nSPS) is 24.0. The molecule has 0 saturated heterocycles. The molecular formula is C11H21NO4S. The van der Waals surface area contributed by atoms with Gasteiger partial charge in [-0.15, -0.1) is 0 Å². The van der Waals surface area contributed by atoms with E-state index in [1.807, 2.05) is 0 Å². The van der Waals surface area contributed by atoms with Crippen LogP contribution >= 0.6 is 0 Å². The molecular weight excluding hydrogens is 242 g/mol. The Bertz CT molecular complexity index is 339. The summed E-state index contributed by atoms with van der Waals surface area (Å²) in [6.45, 7) is 3.37. The van der Waals surface area contributed by atoms with Crippen molar-refractivity contribution in [1.29, 1.82) is 0 Å². The molecule has 0 aromatic heterocycles. The molecule has 1 heterocycles. The zero-order valence-electron chi connectivity index (χ0n) is 10.1. The average Bonchev–Trinajstić information content (AvgIpc) is 2.62. The fraction of sp³-hybridized carbons (Fsp3) is 0.818. The molecule has 0 amide bonds. The maximum absolute atomic E-state index is 11.1. The molecule has 17 heavy (non-hydrogen) atoms. The number of nitrogens with one attached hydrogen (secondary N) is 1. The third kappa shape index (κ3) is 6.16. The van der Waals surface area contributed by atoms with E-state index in [9.17, 15) is 13.5 Å². The Morgan fingerprint density at radius 1 is 1.59 bits per heavy atom. The van der Waals surface area contributed by atoms with E-state index in [1.54, 1.807) is 6.08 Å². The summed E-state index contributed by atoms with van der Waals surface area (Å²) in [6, 6.07) is -0.190. The summed E-state index contributed by atoms with van der Waals surface area (Å²) in [5.74, 6) is 0.0798. The van der Waals surface area contributed by atoms with Crippen molar-refractivity contribution in [2.24, 2.45) is 0 Å². The number of hydrogen-bond acceptors (Lipinski definition) is 5. The van der Waals surface area contributed by atoms with Gasteiger partial charge in [0.2, 0.25) is 0 Å². The minimum absolute atomic E-state index is 0.0798. The topological polar surface area (TPSA) is 75.6 Å². The molecule has 5 nitrogen and oxygen atoms in total. The smallest absolute Gasteiger partial charge is 0.173 e. The van der Waals surface area contributed by atoms with E-state index >= 15 is 0 Å². The summed E-state index contributed by atoms with van der Waals surface area (Å²) in [4.78, 5) is 0. The van der Waals surface area contributed by atoms with Gasteiger partial charge in [-0.1, -0.05) is 19.4 Å². The van der Waals surface area contributed by atoms with E-state index < -0.39 is 15.9 Å². The van der Waals surface area contributed by atoms with Crippen LogP contribution in [0.2, 0.25) is 0 Å². The lowest BCUT2D eigenvalue weighted by Crippen LogP contribution is -2.38. The quantitative estimate of drug-likeness (QED) is 0.606. The van der Waals surface area contributed by atoms with E-state index in [0.717, 1.165) is 12.8 Å². The lowest BCUT2D eigenvalue weighted by molar-refractivity contribution is 0.0355. The van der Waals surface area contributed by atoms with Crippen molar-refractivity contribution >= 4 is 9.84 Å². The van der Waals surface area contributed by atoms with Crippen molar-refractivity contribution in [3.63, 3.8) is 0 Å². The van der Waals surface area contributed by atoms with Crippen molar-refractivity contribution in [1.82, 2.24) is 5.32 Å². The lowest BCUT2D eigenvalue weighted by atomic mass is 10.3. The van der Waals surface area contributed by atoms with Gasteiger partial charge in [0.15, 0.2) is 9.84 Å². The molecule has 0 aromatic rings. The second-order valence-corrected chi connectivity index (χ2v) is 6.19. The first kappa shape index (κ1) is 14.6. The van der Waals surface area contributed by atoms with E-state index in [4.69, 9.17) is 4.74 Å². The number of rotatable bonds is 8. The highest BCUT2D eigenvalue weighted by Crippen LogP contribution is 2.07. The van der Waals surface area contributed by atoms with Crippen molar-refractivity contribution in [2.75, 3.05) is 25.5 Å². The van der Waals surface area contributed by atoms with Crippen LogP contribution in [0.4, 0.5) is 0 Å². The molecule has 100 valence electrons. The second kappa shape index (κ2) is 7.10. The molecule has 0 spiro atoms. The fourth-order valence-corrected chi connectivity index (χ4v) is 2.78. The van der Waals surface area contributed by atoms with Crippen LogP contribution in [-0.4, -0.2) is 51.2 Å². The van der Waals surface area contributed by atoms with Crippen LogP contribution in [0.3, 0.4) is 0 Å². The van der Waals surface area contributed by atoms with Crippen molar-refractivity contribution in [3.05, 3.63) is 11.5 Å². The monoisotopic (exact) mass is 263 g/mol. The maximum atomic E-state index is 11.1. The molecule has 0 aromatic carbocycles. The van der Waals surface area contributed by atoms with E-state index in [0.29, 0.717) is 13.2 Å². The van der Waals surface area contributed by atoms with Crippen LogP contribution in [0.5, 0.6) is 0 Å². The maximum Gasteiger partial charge on any atom is 0.173 e. The first-order valence-corrected chi connectivity index (χ1v) is 7.65. The van der Waals surface area contributed by atoms with Crippen LogP contribution in [-0.2, 0) is 14.6 Å². The molecule has 0 fully saturated rings. The summed E-state index contributed by atoms with van der Waals surface area (Å²) in [5, 5.41) is 13.8. The largest absolute Gasteiger partial charge is 0.389 e. The van der Waals surface area contributed by atoms with Crippen LogP contribution in [0, 0.1) is 0 Å². The molecule has 2 atom stereocenters. The summed E-state index contributed by atoms with van der Waals surface area (Å²) >= 11 is 0. The van der Waals surface area contributed by atoms with E-state index in [-0.39, 0.29) is 18.4 Å². The molecule has 0 aliphatic carbocycles. The van der Waals surface area contributed by atoms with Gasteiger partial charge in [0.05, 0.1) is 18.5 Å². The van der Waals surface area contributed by atoms with Crippen LogP contribution in [0.1, 0.15) is 19.8 Å². The SMILES string of the molecule is CCCCOCC(O)CNC1C=CS(=O)(=O)C1. The van der Waals surface area contributed by atoms with Crippen molar-refractivity contribution in [2.45, 2.75) is 31.9 Å². The summed E-state index contributed by atoms with van der Waals surface area (Å²) in [7, 11) is -3.02. The summed E-state index contributed by atoms with van der Waals surface area (Å²) in [5.41, 5.74) is 0. The first-order valence-electron chi connectivity index (χ1n) is 5.93. The number of ether oxygens (including phenoxy) is 1. The summed E-state index contributed by atoms with van der Waals surface area (Å²) in [6.07, 6.45) is 3.08. The van der Waals surface area contributed by atoms with Gasteiger partial charge < -0.3 is 15.2 Å². The van der Waals surface area contributed by atoms with Crippen LogP contribution in [0.15, 0.2) is 11.5 Å². The Balaban J connectivity index is 2.08. The predicted molar refractivity (Wildman–Crippen MR) is 66.5 cm³/mol. The third-order valence-corrected chi connectivity index (χ3v) is 3.89. The van der Waals surface area contributed by atoms with Gasteiger partial charge in [-0.05, 0) is 6.42 Å². The molecule has 1 aliphatic heterocycles. The number of aliphatic hydroxyl groups is 1. The standard InChI is InChI=1S/C11H21NO4S/c1-2-3-5-16-8-11(13)7-12-10-4-6-17(14,15)9-10/h4,6,10-13H,2-3,5,7-9H2,1H3. The van der Waals surface area contributed by atoms with E-state index in [2.05, 4.69) is 12.2 Å². The highest BCUT2D eigenvalue weighted by atomic mass is 32.2. The number of sulfone groups is 1. The molecule has 0 radical (unpaired) electrons. The molecule has 6 heteroatoms.